The molecule has 0 aliphatic heterocycles. The van der Waals surface area contributed by atoms with E-state index in [1.54, 1.807) is 0 Å². The zero-order valence-corrected chi connectivity index (χ0v) is 17.4. The van der Waals surface area contributed by atoms with E-state index in [4.69, 9.17) is 4.74 Å². The number of carbonyl (C=O) groups is 2. The van der Waals surface area contributed by atoms with Crippen molar-refractivity contribution in [1.82, 2.24) is 0 Å². The summed E-state index contributed by atoms with van der Waals surface area (Å²) in [5, 5.41) is 0. The molecule has 0 spiro atoms. The number of fused-ring (bicyclic) bond motifs is 2. The fourth-order valence-corrected chi connectivity index (χ4v) is 5.35. The smallest absolute Gasteiger partial charge is 0.323 e. The van der Waals surface area contributed by atoms with Crippen LogP contribution in [-0.4, -0.2) is 18.9 Å². The molecule has 3 heteroatoms. The Bertz CT molecular complexity index is 942. The molecule has 29 heavy (non-hydrogen) atoms. The average molecular weight is 389 g/mol. The average Bonchev–Trinajstić information content (AvgIpc) is 2.74. The summed E-state index contributed by atoms with van der Waals surface area (Å²) in [6.07, 6.45) is 4.03. The number of ketones is 1. The van der Waals surface area contributed by atoms with Crippen molar-refractivity contribution in [3.8, 4) is 0 Å². The van der Waals surface area contributed by atoms with E-state index in [-0.39, 0.29) is 23.0 Å². The Hall–Kier alpha value is -2.68. The van der Waals surface area contributed by atoms with Crippen LogP contribution < -0.4 is 0 Å². The Morgan fingerprint density at radius 2 is 1.59 bits per heavy atom. The summed E-state index contributed by atoms with van der Waals surface area (Å²) in [4.78, 5) is 27.0. The van der Waals surface area contributed by atoms with Crippen LogP contribution in [0.25, 0.3) is 0 Å². The van der Waals surface area contributed by atoms with E-state index in [1.165, 1.54) is 12.7 Å². The number of ether oxygens (including phenoxy) is 1. The highest BCUT2D eigenvalue weighted by Crippen LogP contribution is 2.65. The number of methoxy groups -OCH3 is 1. The van der Waals surface area contributed by atoms with Crippen molar-refractivity contribution in [2.45, 2.75) is 33.1 Å². The Morgan fingerprint density at radius 1 is 1.00 bits per heavy atom. The van der Waals surface area contributed by atoms with Gasteiger partial charge in [-0.1, -0.05) is 80.6 Å². The predicted molar refractivity (Wildman–Crippen MR) is 113 cm³/mol. The van der Waals surface area contributed by atoms with Crippen molar-refractivity contribution < 1.29 is 14.3 Å². The summed E-state index contributed by atoms with van der Waals surface area (Å²) < 4.78 is 5.25. The van der Waals surface area contributed by atoms with Crippen LogP contribution in [0.1, 0.15) is 31.4 Å². The van der Waals surface area contributed by atoms with Crippen LogP contribution in [0, 0.1) is 22.7 Å². The maximum Gasteiger partial charge on any atom is 0.323 e. The first-order valence-corrected chi connectivity index (χ1v) is 10.3. The standard InChI is InChI=1S/C26H28O3/c1-25(2)21-16-22(25)23(27)26(24(28)29-3,17-19-12-8-5-9-13-19)20(21)15-14-18-10-6-4-7-11-18/h4-13,15,21-22H,14,16-17H2,1-3H3/b20-15+/t21-,22+,26-/m0/s1. The summed E-state index contributed by atoms with van der Waals surface area (Å²) in [6.45, 7) is 4.31. The van der Waals surface area contributed by atoms with Crippen molar-refractivity contribution in [2.24, 2.45) is 22.7 Å². The molecule has 0 aromatic heterocycles. The molecule has 0 saturated heterocycles. The Labute approximate surface area is 172 Å². The van der Waals surface area contributed by atoms with Crippen LogP contribution in [0.3, 0.4) is 0 Å². The highest BCUT2D eigenvalue weighted by molar-refractivity contribution is 6.10. The zero-order valence-electron chi connectivity index (χ0n) is 17.4. The molecule has 2 aromatic rings. The number of allylic oxidation sites excluding steroid dienone is 1. The Morgan fingerprint density at radius 3 is 2.14 bits per heavy atom. The van der Waals surface area contributed by atoms with Gasteiger partial charge < -0.3 is 4.74 Å². The number of benzene rings is 2. The highest BCUT2D eigenvalue weighted by atomic mass is 16.5. The minimum atomic E-state index is -1.21. The molecular formula is C26H28O3. The fourth-order valence-electron chi connectivity index (χ4n) is 5.35. The second kappa shape index (κ2) is 7.29. The van der Waals surface area contributed by atoms with Gasteiger partial charge in [0.15, 0.2) is 11.2 Å². The lowest BCUT2D eigenvalue weighted by atomic mass is 9.40. The van der Waals surface area contributed by atoms with Gasteiger partial charge in [0.1, 0.15) is 0 Å². The first-order valence-electron chi connectivity index (χ1n) is 10.3. The molecular weight excluding hydrogens is 360 g/mol. The second-order valence-corrected chi connectivity index (χ2v) is 8.93. The zero-order chi connectivity index (χ0) is 20.6. The molecule has 0 unspecified atom stereocenters. The maximum atomic E-state index is 13.8. The molecule has 2 bridgehead atoms. The van der Waals surface area contributed by atoms with E-state index in [0.717, 1.165) is 17.6 Å². The summed E-state index contributed by atoms with van der Waals surface area (Å²) in [6, 6.07) is 20.0. The van der Waals surface area contributed by atoms with Crippen molar-refractivity contribution in [3.63, 3.8) is 0 Å². The number of Topliss-reactive ketones (excluding diaryl/α,β-unsaturated/α-hetero) is 1. The van der Waals surface area contributed by atoms with E-state index in [0.29, 0.717) is 12.8 Å². The summed E-state index contributed by atoms with van der Waals surface area (Å²) >= 11 is 0. The lowest BCUT2D eigenvalue weighted by Crippen LogP contribution is -2.65. The van der Waals surface area contributed by atoms with Gasteiger partial charge in [-0.2, -0.15) is 0 Å². The van der Waals surface area contributed by atoms with Crippen LogP contribution in [0.15, 0.2) is 72.3 Å². The summed E-state index contributed by atoms with van der Waals surface area (Å²) in [7, 11) is 1.39. The lowest BCUT2D eigenvalue weighted by molar-refractivity contribution is -0.172. The largest absolute Gasteiger partial charge is 0.468 e. The Balaban J connectivity index is 1.83. The topological polar surface area (TPSA) is 43.4 Å². The second-order valence-electron chi connectivity index (χ2n) is 8.93. The molecule has 3 atom stereocenters. The third-order valence-electron chi connectivity index (χ3n) is 7.12. The van der Waals surface area contributed by atoms with Gasteiger partial charge in [0.2, 0.25) is 0 Å². The number of rotatable bonds is 5. The first-order chi connectivity index (χ1) is 13.9. The third-order valence-corrected chi connectivity index (χ3v) is 7.12. The van der Waals surface area contributed by atoms with Gasteiger partial charge in [0.25, 0.3) is 0 Å². The van der Waals surface area contributed by atoms with Gasteiger partial charge in [0.05, 0.1) is 7.11 Å². The van der Waals surface area contributed by atoms with E-state index in [1.807, 2.05) is 48.5 Å². The molecule has 5 rings (SSSR count). The predicted octanol–water partition coefficient (Wildman–Crippen LogP) is 4.80. The molecule has 3 aliphatic carbocycles. The summed E-state index contributed by atoms with van der Waals surface area (Å²) in [5.41, 5.74) is 1.78. The highest BCUT2D eigenvalue weighted by Gasteiger charge is 2.68. The summed E-state index contributed by atoms with van der Waals surface area (Å²) in [5.74, 6) is -0.267. The Kier molecular flexibility index (Phi) is 4.94. The van der Waals surface area contributed by atoms with Gasteiger partial charge in [-0.15, -0.1) is 0 Å². The quantitative estimate of drug-likeness (QED) is 0.420. The van der Waals surface area contributed by atoms with Crippen LogP contribution in [0.2, 0.25) is 0 Å². The van der Waals surface area contributed by atoms with Gasteiger partial charge in [-0.05, 0) is 47.3 Å². The maximum absolute atomic E-state index is 13.8. The monoisotopic (exact) mass is 388 g/mol. The van der Waals surface area contributed by atoms with Gasteiger partial charge >= 0.3 is 5.97 Å². The lowest BCUT2D eigenvalue weighted by Gasteiger charge is -2.61. The fraction of sp³-hybridized carbons (Fsp3) is 0.385. The molecule has 3 saturated carbocycles. The molecule has 0 N–H and O–H groups in total. The molecule has 3 fully saturated rings. The molecule has 2 aromatic carbocycles. The van der Waals surface area contributed by atoms with Gasteiger partial charge in [0, 0.05) is 5.92 Å². The minimum Gasteiger partial charge on any atom is -0.468 e. The number of esters is 1. The van der Waals surface area contributed by atoms with Crippen molar-refractivity contribution in [1.29, 1.82) is 0 Å². The van der Waals surface area contributed by atoms with Crippen molar-refractivity contribution in [2.75, 3.05) is 7.11 Å². The molecule has 0 heterocycles. The number of hydrogen-bond donors (Lipinski definition) is 0. The van der Waals surface area contributed by atoms with Crippen LogP contribution in [0.4, 0.5) is 0 Å². The molecule has 0 amide bonds. The van der Waals surface area contributed by atoms with E-state index >= 15 is 0 Å². The first kappa shape index (κ1) is 19.6. The SMILES string of the molecule is COC(=O)[C@]1(Cc2ccccc2)C(=O)[C@H]2C[C@@H](/C1=C\Cc1ccccc1)C2(C)C. The van der Waals surface area contributed by atoms with E-state index in [9.17, 15) is 9.59 Å². The third kappa shape index (κ3) is 3.04. The van der Waals surface area contributed by atoms with Gasteiger partial charge in [-0.25, -0.2) is 0 Å². The van der Waals surface area contributed by atoms with Crippen LogP contribution >= 0.6 is 0 Å². The minimum absolute atomic E-state index is 0.0278. The van der Waals surface area contributed by atoms with Gasteiger partial charge in [-0.3, -0.25) is 9.59 Å². The number of hydrogen-bond acceptors (Lipinski definition) is 3. The van der Waals surface area contributed by atoms with E-state index < -0.39 is 11.4 Å². The molecule has 0 radical (unpaired) electrons. The van der Waals surface area contributed by atoms with E-state index in [2.05, 4.69) is 32.1 Å². The molecule has 3 nitrogen and oxygen atoms in total. The van der Waals surface area contributed by atoms with Crippen LogP contribution in [-0.2, 0) is 27.2 Å². The van der Waals surface area contributed by atoms with Crippen LogP contribution in [0.5, 0.6) is 0 Å². The van der Waals surface area contributed by atoms with Crippen molar-refractivity contribution in [3.05, 3.63) is 83.4 Å². The normalized spacial score (nSPS) is 28.7. The van der Waals surface area contributed by atoms with Crippen molar-refractivity contribution >= 4 is 11.8 Å². The molecule has 150 valence electrons. The molecule has 3 aliphatic rings. The number of carbonyl (C=O) groups excluding carboxylic acids is 2.